The van der Waals surface area contributed by atoms with Crippen LogP contribution in [0.4, 0.5) is 5.69 Å². The van der Waals surface area contributed by atoms with Crippen LogP contribution < -0.4 is 10.2 Å². The first kappa shape index (κ1) is 19.5. The maximum absolute atomic E-state index is 12.9. The molecule has 28 heavy (non-hydrogen) atoms. The number of rotatable bonds is 3. The van der Waals surface area contributed by atoms with Crippen molar-refractivity contribution < 1.29 is 4.79 Å². The van der Waals surface area contributed by atoms with Crippen LogP contribution in [0.15, 0.2) is 28.9 Å². The largest absolute Gasteiger partial charge is 0.362 e. The Morgan fingerprint density at radius 3 is 2.89 bits per heavy atom. The van der Waals surface area contributed by atoms with E-state index in [1.165, 1.54) is 22.5 Å². The van der Waals surface area contributed by atoms with Crippen molar-refractivity contribution >= 4 is 27.5 Å². The first-order valence-corrected chi connectivity index (χ1v) is 11.0. The summed E-state index contributed by atoms with van der Waals surface area (Å²) >= 11 is 3.55. The monoisotopic (exact) mass is 444 g/mol. The maximum Gasteiger partial charge on any atom is 0.240 e. The molecule has 1 atom stereocenters. The number of nitrogens with zero attached hydrogens (tertiary/aromatic N) is 3. The van der Waals surface area contributed by atoms with Gasteiger partial charge in [0.25, 0.3) is 0 Å². The number of carbonyl (C=O) groups is 1. The summed E-state index contributed by atoms with van der Waals surface area (Å²) in [4.78, 5) is 15.1. The van der Waals surface area contributed by atoms with Crippen molar-refractivity contribution in [3.63, 3.8) is 0 Å². The van der Waals surface area contributed by atoms with Gasteiger partial charge in [-0.2, -0.15) is 5.10 Å². The molecule has 1 aromatic carbocycles. The van der Waals surface area contributed by atoms with Crippen LogP contribution in [0.2, 0.25) is 0 Å². The van der Waals surface area contributed by atoms with Gasteiger partial charge in [-0.25, -0.2) is 0 Å². The molecule has 5 nitrogen and oxygen atoms in total. The lowest BCUT2D eigenvalue weighted by Crippen LogP contribution is -2.41. The Hall–Kier alpha value is -1.82. The Morgan fingerprint density at radius 2 is 2.11 bits per heavy atom. The maximum atomic E-state index is 12.9. The summed E-state index contributed by atoms with van der Waals surface area (Å²) in [5, 5.41) is 7.92. The first-order valence-electron chi connectivity index (χ1n) is 10.2. The lowest BCUT2D eigenvalue weighted by molar-refractivity contribution is -0.120. The molecule has 0 fully saturated rings. The molecule has 4 rings (SSSR count). The van der Waals surface area contributed by atoms with E-state index in [0.717, 1.165) is 43.1 Å². The Morgan fingerprint density at radius 1 is 1.29 bits per heavy atom. The molecule has 0 saturated heterocycles. The number of carbonyl (C=O) groups excluding carboxylic acids is 1. The molecule has 1 aliphatic heterocycles. The molecule has 2 aromatic rings. The SMILES string of the molecule is CC(C)(C)n1ncc2c1CCCC2NC(=O)CN1CCCc2cc(Br)ccc21. The van der Waals surface area contributed by atoms with E-state index in [4.69, 9.17) is 0 Å². The molecular weight excluding hydrogens is 416 g/mol. The van der Waals surface area contributed by atoms with E-state index in [-0.39, 0.29) is 17.5 Å². The minimum Gasteiger partial charge on any atom is -0.362 e. The van der Waals surface area contributed by atoms with Crippen molar-refractivity contribution in [2.24, 2.45) is 0 Å². The van der Waals surface area contributed by atoms with Gasteiger partial charge < -0.3 is 10.2 Å². The van der Waals surface area contributed by atoms with Gasteiger partial charge in [0.05, 0.1) is 24.3 Å². The van der Waals surface area contributed by atoms with E-state index in [2.05, 4.69) is 74.9 Å². The summed E-state index contributed by atoms with van der Waals surface area (Å²) in [6.45, 7) is 7.87. The summed E-state index contributed by atoms with van der Waals surface area (Å²) in [6, 6.07) is 6.43. The molecule has 1 amide bonds. The van der Waals surface area contributed by atoms with Gasteiger partial charge in [0, 0.05) is 28.0 Å². The second kappa shape index (κ2) is 7.54. The van der Waals surface area contributed by atoms with Gasteiger partial charge in [-0.05, 0) is 76.6 Å². The van der Waals surface area contributed by atoms with E-state index in [0.29, 0.717) is 6.54 Å². The quantitative estimate of drug-likeness (QED) is 0.765. The molecule has 0 radical (unpaired) electrons. The number of halogens is 1. The third-order valence-corrected chi connectivity index (χ3v) is 6.24. The van der Waals surface area contributed by atoms with Crippen molar-refractivity contribution in [1.82, 2.24) is 15.1 Å². The lowest BCUT2D eigenvalue weighted by Gasteiger charge is -2.32. The Kier molecular flexibility index (Phi) is 5.25. The Balaban J connectivity index is 1.47. The number of aromatic nitrogens is 2. The van der Waals surface area contributed by atoms with Gasteiger partial charge in [0.2, 0.25) is 5.91 Å². The van der Waals surface area contributed by atoms with Gasteiger partial charge in [0.15, 0.2) is 0 Å². The van der Waals surface area contributed by atoms with Gasteiger partial charge >= 0.3 is 0 Å². The predicted octanol–water partition coefficient (Wildman–Crippen LogP) is 4.35. The van der Waals surface area contributed by atoms with Gasteiger partial charge in [-0.15, -0.1) is 0 Å². The van der Waals surface area contributed by atoms with Gasteiger partial charge in [-0.3, -0.25) is 9.48 Å². The molecule has 2 heterocycles. The van der Waals surface area contributed by atoms with Crippen LogP contribution in [-0.2, 0) is 23.2 Å². The first-order chi connectivity index (χ1) is 13.3. The van der Waals surface area contributed by atoms with E-state index >= 15 is 0 Å². The summed E-state index contributed by atoms with van der Waals surface area (Å²) in [5.74, 6) is 0.0946. The topological polar surface area (TPSA) is 50.2 Å². The highest BCUT2D eigenvalue weighted by molar-refractivity contribution is 9.10. The second-order valence-electron chi connectivity index (χ2n) is 8.94. The lowest BCUT2D eigenvalue weighted by atomic mass is 9.92. The zero-order valence-electron chi connectivity index (χ0n) is 17.0. The summed E-state index contributed by atoms with van der Waals surface area (Å²) in [7, 11) is 0. The second-order valence-corrected chi connectivity index (χ2v) is 9.86. The van der Waals surface area contributed by atoms with E-state index < -0.39 is 0 Å². The van der Waals surface area contributed by atoms with Crippen molar-refractivity contribution in [2.45, 2.75) is 64.5 Å². The number of hydrogen-bond donors (Lipinski definition) is 1. The number of nitrogens with one attached hydrogen (secondary N) is 1. The van der Waals surface area contributed by atoms with E-state index in [9.17, 15) is 4.79 Å². The molecule has 1 aliphatic carbocycles. The number of anilines is 1. The van der Waals surface area contributed by atoms with Crippen LogP contribution in [0.5, 0.6) is 0 Å². The highest BCUT2D eigenvalue weighted by Crippen LogP contribution is 2.33. The fraction of sp³-hybridized carbons (Fsp3) is 0.545. The average Bonchev–Trinajstić information content (AvgIpc) is 3.07. The van der Waals surface area contributed by atoms with Crippen molar-refractivity contribution in [3.8, 4) is 0 Å². The molecule has 6 heteroatoms. The van der Waals surface area contributed by atoms with Crippen molar-refractivity contribution in [3.05, 3.63) is 45.7 Å². The number of benzene rings is 1. The normalized spacial score (nSPS) is 19.1. The van der Waals surface area contributed by atoms with Crippen LogP contribution in [0, 0.1) is 0 Å². The summed E-state index contributed by atoms with van der Waals surface area (Å²) < 4.78 is 3.22. The van der Waals surface area contributed by atoms with Crippen LogP contribution >= 0.6 is 15.9 Å². The smallest absolute Gasteiger partial charge is 0.240 e. The molecule has 0 bridgehead atoms. The van der Waals surface area contributed by atoms with Crippen LogP contribution in [0.1, 0.15) is 62.9 Å². The summed E-state index contributed by atoms with van der Waals surface area (Å²) in [6.07, 6.45) is 7.22. The molecule has 0 saturated carbocycles. The predicted molar refractivity (Wildman–Crippen MR) is 116 cm³/mol. The minimum absolute atomic E-state index is 0.0364. The summed E-state index contributed by atoms with van der Waals surface area (Å²) in [5.41, 5.74) is 4.94. The van der Waals surface area contributed by atoms with Crippen LogP contribution in [0.3, 0.4) is 0 Å². The number of amides is 1. The van der Waals surface area contributed by atoms with E-state index in [1.54, 1.807) is 0 Å². The number of hydrogen-bond acceptors (Lipinski definition) is 3. The van der Waals surface area contributed by atoms with Gasteiger partial charge in [-0.1, -0.05) is 15.9 Å². The molecule has 1 aromatic heterocycles. The molecule has 2 aliphatic rings. The molecular formula is C22H29BrN4O. The number of aryl methyl sites for hydroxylation is 1. The average molecular weight is 445 g/mol. The zero-order chi connectivity index (χ0) is 19.9. The molecule has 1 N–H and O–H groups in total. The number of fused-ring (bicyclic) bond motifs is 2. The third kappa shape index (κ3) is 3.84. The van der Waals surface area contributed by atoms with Crippen LogP contribution in [0.25, 0.3) is 0 Å². The third-order valence-electron chi connectivity index (χ3n) is 5.74. The Labute approximate surface area is 175 Å². The van der Waals surface area contributed by atoms with Crippen LogP contribution in [-0.4, -0.2) is 28.8 Å². The molecule has 150 valence electrons. The minimum atomic E-state index is -0.0364. The molecule has 1 unspecified atom stereocenters. The zero-order valence-corrected chi connectivity index (χ0v) is 18.6. The van der Waals surface area contributed by atoms with Gasteiger partial charge in [0.1, 0.15) is 0 Å². The highest BCUT2D eigenvalue weighted by Gasteiger charge is 2.29. The fourth-order valence-corrected chi connectivity index (χ4v) is 4.91. The molecule has 0 spiro atoms. The Bertz CT molecular complexity index is 883. The fourth-order valence-electron chi connectivity index (χ4n) is 4.51. The standard InChI is InChI=1S/C22H29BrN4O/c1-22(2,3)27-20-8-4-7-18(17(20)13-24-27)25-21(28)14-26-11-5-6-15-12-16(23)9-10-19(15)26/h9-10,12-13,18H,4-8,11,14H2,1-3H3,(H,25,28). The van der Waals surface area contributed by atoms with E-state index in [1.807, 2.05) is 6.20 Å². The highest BCUT2D eigenvalue weighted by atomic mass is 79.9. The van der Waals surface area contributed by atoms with Crippen molar-refractivity contribution in [1.29, 1.82) is 0 Å². The van der Waals surface area contributed by atoms with Crippen molar-refractivity contribution in [2.75, 3.05) is 18.0 Å².